The SMILES string of the molecule is C#CC(=O)Nc1ccc(F)cc1C12CC(NC(=O)COc3ccc(Cl)c(F)c3)(C1)C2. The predicted octanol–water partition coefficient (Wildman–Crippen LogP) is 3.56. The van der Waals surface area contributed by atoms with Crippen LogP contribution in [0.15, 0.2) is 36.4 Å². The molecule has 2 aromatic carbocycles. The third-order valence-corrected chi connectivity index (χ3v) is 5.93. The number of benzene rings is 2. The molecule has 2 amide bonds. The van der Waals surface area contributed by atoms with Gasteiger partial charge in [-0.25, -0.2) is 8.78 Å². The van der Waals surface area contributed by atoms with E-state index in [4.69, 9.17) is 22.8 Å². The molecule has 3 aliphatic rings. The minimum absolute atomic E-state index is 0.0267. The fourth-order valence-electron chi connectivity index (χ4n) is 4.48. The molecule has 3 saturated carbocycles. The minimum Gasteiger partial charge on any atom is -0.484 e. The van der Waals surface area contributed by atoms with Gasteiger partial charge in [-0.2, -0.15) is 0 Å². The first kappa shape index (κ1) is 20.2. The summed E-state index contributed by atoms with van der Waals surface area (Å²) in [6, 6.07) is 8.09. The second-order valence-corrected chi connectivity index (χ2v) is 8.20. The fraction of sp³-hybridized carbons (Fsp3) is 0.273. The van der Waals surface area contributed by atoms with Gasteiger partial charge in [-0.3, -0.25) is 9.59 Å². The van der Waals surface area contributed by atoms with Crippen molar-refractivity contribution in [1.82, 2.24) is 5.32 Å². The van der Waals surface area contributed by atoms with Crippen LogP contribution in [0.25, 0.3) is 0 Å². The van der Waals surface area contributed by atoms with Gasteiger partial charge in [-0.15, -0.1) is 6.42 Å². The Labute approximate surface area is 176 Å². The maximum atomic E-state index is 13.8. The average molecular weight is 431 g/mol. The lowest BCUT2D eigenvalue weighted by atomic mass is 9.37. The highest BCUT2D eigenvalue weighted by Gasteiger charge is 2.69. The standard InChI is InChI=1S/C22H17ClF2N2O3/c1-2-19(28)26-18-6-3-13(24)7-15(18)21-10-22(11-21,12-21)27-20(29)9-30-14-4-5-16(23)17(25)8-14/h1,3-8H,9-12H2,(H,26,28)(H,27,29). The Bertz CT molecular complexity index is 1080. The molecule has 0 heterocycles. The molecule has 0 unspecified atom stereocenters. The van der Waals surface area contributed by atoms with Crippen LogP contribution in [0.1, 0.15) is 24.8 Å². The van der Waals surface area contributed by atoms with Crippen LogP contribution in [0.5, 0.6) is 5.75 Å². The zero-order valence-electron chi connectivity index (χ0n) is 15.7. The summed E-state index contributed by atoms with van der Waals surface area (Å²) in [4.78, 5) is 23.8. The average Bonchev–Trinajstić information content (AvgIpc) is 2.65. The molecule has 0 atom stereocenters. The number of ether oxygens (including phenoxy) is 1. The largest absolute Gasteiger partial charge is 0.484 e. The van der Waals surface area contributed by atoms with Crippen LogP contribution in [0.2, 0.25) is 5.02 Å². The molecule has 0 radical (unpaired) electrons. The molecule has 0 aromatic heterocycles. The normalized spacial score (nSPS) is 23.4. The molecule has 8 heteroatoms. The molecule has 154 valence electrons. The summed E-state index contributed by atoms with van der Waals surface area (Å²) in [5.41, 5.74) is 0.459. The van der Waals surface area contributed by atoms with Crippen LogP contribution >= 0.6 is 11.6 Å². The Hall–Kier alpha value is -3.11. The Kier molecular flexibility index (Phi) is 4.91. The van der Waals surface area contributed by atoms with Crippen molar-refractivity contribution in [3.63, 3.8) is 0 Å². The summed E-state index contributed by atoms with van der Waals surface area (Å²) in [6.07, 6.45) is 6.95. The van der Waals surface area contributed by atoms with E-state index in [-0.39, 0.29) is 34.2 Å². The summed E-state index contributed by atoms with van der Waals surface area (Å²) in [5, 5.41) is 5.51. The summed E-state index contributed by atoms with van der Waals surface area (Å²) < 4.78 is 32.6. The molecule has 2 aromatic rings. The summed E-state index contributed by atoms with van der Waals surface area (Å²) in [5.74, 6) is 0.210. The summed E-state index contributed by atoms with van der Waals surface area (Å²) in [7, 11) is 0. The Balaban J connectivity index is 1.36. The van der Waals surface area contributed by atoms with E-state index in [0.29, 0.717) is 30.5 Å². The highest BCUT2D eigenvalue weighted by molar-refractivity contribution is 6.30. The van der Waals surface area contributed by atoms with Gasteiger partial charge in [0.2, 0.25) is 0 Å². The van der Waals surface area contributed by atoms with E-state index in [9.17, 15) is 18.4 Å². The summed E-state index contributed by atoms with van der Waals surface area (Å²) >= 11 is 5.62. The van der Waals surface area contributed by atoms with E-state index < -0.39 is 17.5 Å². The number of hydrogen-bond acceptors (Lipinski definition) is 3. The van der Waals surface area contributed by atoms with Crippen molar-refractivity contribution in [2.45, 2.75) is 30.2 Å². The van der Waals surface area contributed by atoms with Gasteiger partial charge in [0.25, 0.3) is 11.8 Å². The van der Waals surface area contributed by atoms with E-state index >= 15 is 0 Å². The molecule has 3 fully saturated rings. The third-order valence-electron chi connectivity index (χ3n) is 5.63. The van der Waals surface area contributed by atoms with E-state index in [1.807, 2.05) is 5.92 Å². The lowest BCUT2D eigenvalue weighted by Gasteiger charge is -2.71. The first-order chi connectivity index (χ1) is 14.2. The Morgan fingerprint density at radius 1 is 1.17 bits per heavy atom. The zero-order chi connectivity index (χ0) is 21.5. The molecule has 30 heavy (non-hydrogen) atoms. The smallest absolute Gasteiger partial charge is 0.300 e. The predicted molar refractivity (Wildman–Crippen MR) is 107 cm³/mol. The monoisotopic (exact) mass is 430 g/mol. The molecule has 5 nitrogen and oxygen atoms in total. The number of hydrogen-bond donors (Lipinski definition) is 2. The van der Waals surface area contributed by atoms with Gasteiger partial charge >= 0.3 is 0 Å². The van der Waals surface area contributed by atoms with Gasteiger partial charge in [0.05, 0.1) is 5.02 Å². The third kappa shape index (κ3) is 3.59. The van der Waals surface area contributed by atoms with E-state index in [0.717, 1.165) is 6.07 Å². The van der Waals surface area contributed by atoms with Gasteiger partial charge in [-0.05, 0) is 61.1 Å². The van der Waals surface area contributed by atoms with E-state index in [1.54, 1.807) is 0 Å². The highest BCUT2D eigenvalue weighted by Crippen LogP contribution is 2.68. The van der Waals surface area contributed by atoms with Crippen molar-refractivity contribution < 1.29 is 23.1 Å². The van der Waals surface area contributed by atoms with Gasteiger partial charge in [0.15, 0.2) is 6.61 Å². The topological polar surface area (TPSA) is 67.4 Å². The second-order valence-electron chi connectivity index (χ2n) is 7.79. The molecule has 0 aliphatic heterocycles. The Morgan fingerprint density at radius 3 is 2.57 bits per heavy atom. The molecule has 2 bridgehead atoms. The molecular formula is C22H17ClF2N2O3. The fourth-order valence-corrected chi connectivity index (χ4v) is 4.59. The van der Waals surface area contributed by atoms with E-state index in [1.165, 1.54) is 30.3 Å². The van der Waals surface area contributed by atoms with Crippen LogP contribution in [0, 0.1) is 24.0 Å². The summed E-state index contributed by atoms with van der Waals surface area (Å²) in [6.45, 7) is -0.265. The quantitative estimate of drug-likeness (QED) is 0.689. The van der Waals surface area contributed by atoms with Crippen LogP contribution in [-0.4, -0.2) is 24.0 Å². The number of carbonyl (C=O) groups excluding carboxylic acids is 2. The zero-order valence-corrected chi connectivity index (χ0v) is 16.5. The number of amides is 2. The van der Waals surface area contributed by atoms with Gasteiger partial charge in [-0.1, -0.05) is 11.6 Å². The molecular weight excluding hydrogens is 414 g/mol. The lowest BCUT2D eigenvalue weighted by Crippen LogP contribution is -2.77. The van der Waals surface area contributed by atoms with Crippen molar-refractivity contribution in [2.24, 2.45) is 0 Å². The number of carbonyl (C=O) groups is 2. The molecule has 3 aliphatic carbocycles. The molecule has 0 saturated heterocycles. The van der Waals surface area contributed by atoms with Crippen LogP contribution in [0.4, 0.5) is 14.5 Å². The number of halogens is 3. The second kappa shape index (κ2) is 7.29. The highest BCUT2D eigenvalue weighted by atomic mass is 35.5. The van der Waals surface area contributed by atoms with Crippen molar-refractivity contribution in [2.75, 3.05) is 11.9 Å². The number of terminal acetylenes is 1. The van der Waals surface area contributed by atoms with Crippen LogP contribution in [0.3, 0.4) is 0 Å². The van der Waals surface area contributed by atoms with Gasteiger partial charge in [0, 0.05) is 22.7 Å². The lowest BCUT2D eigenvalue weighted by molar-refractivity contribution is -0.139. The van der Waals surface area contributed by atoms with Crippen molar-refractivity contribution in [1.29, 1.82) is 0 Å². The Morgan fingerprint density at radius 2 is 1.90 bits per heavy atom. The molecule has 2 N–H and O–H groups in total. The number of rotatable bonds is 6. The number of anilines is 1. The van der Waals surface area contributed by atoms with E-state index in [2.05, 4.69) is 10.6 Å². The van der Waals surface area contributed by atoms with Crippen LogP contribution < -0.4 is 15.4 Å². The molecule has 0 spiro atoms. The van der Waals surface area contributed by atoms with Gasteiger partial charge < -0.3 is 15.4 Å². The maximum absolute atomic E-state index is 13.8. The maximum Gasteiger partial charge on any atom is 0.300 e. The van der Waals surface area contributed by atoms with Gasteiger partial charge in [0.1, 0.15) is 17.4 Å². The molecule has 5 rings (SSSR count). The van der Waals surface area contributed by atoms with Crippen molar-refractivity contribution in [3.8, 4) is 18.1 Å². The van der Waals surface area contributed by atoms with Crippen LogP contribution in [-0.2, 0) is 15.0 Å². The van der Waals surface area contributed by atoms with Crippen molar-refractivity contribution in [3.05, 3.63) is 58.6 Å². The first-order valence-electron chi connectivity index (χ1n) is 9.21. The minimum atomic E-state index is -0.626. The first-order valence-corrected chi connectivity index (χ1v) is 9.59. The number of nitrogens with one attached hydrogen (secondary N) is 2. The van der Waals surface area contributed by atoms with Crippen molar-refractivity contribution >= 4 is 29.1 Å².